The van der Waals surface area contributed by atoms with Crippen LogP contribution in [-0.4, -0.2) is 26.2 Å². The first-order valence-corrected chi connectivity index (χ1v) is 6.41. The number of carbonyl (C=O) groups is 1. The van der Waals surface area contributed by atoms with Crippen LogP contribution in [0.4, 0.5) is 0 Å². The number of hydrogen-bond donors (Lipinski definition) is 1. The monoisotopic (exact) mass is 273 g/mol. The second kappa shape index (κ2) is 4.13. The summed E-state index contributed by atoms with van der Waals surface area (Å²) < 4.78 is 5.23. The number of carboxylic acid groups (broad SMARTS) is 1. The molecular weight excluding hydrogens is 258 g/mol. The molecule has 2 aromatic heterocycles. The van der Waals surface area contributed by atoms with Gasteiger partial charge in [-0.15, -0.1) is 0 Å². The molecule has 2 unspecified atom stereocenters. The minimum atomic E-state index is -0.826. The summed E-state index contributed by atoms with van der Waals surface area (Å²) in [4.78, 5) is 19.8. The van der Waals surface area contributed by atoms with E-state index in [0.29, 0.717) is 17.4 Å². The van der Waals surface area contributed by atoms with Crippen LogP contribution in [0, 0.1) is 18.3 Å². The van der Waals surface area contributed by atoms with E-state index in [0.717, 1.165) is 5.69 Å². The van der Waals surface area contributed by atoms with E-state index in [1.807, 2.05) is 32.9 Å². The van der Waals surface area contributed by atoms with E-state index in [1.165, 1.54) is 0 Å². The average molecular weight is 273 g/mol. The summed E-state index contributed by atoms with van der Waals surface area (Å²) in [6.07, 6.45) is 0. The molecule has 0 saturated heterocycles. The Hall–Kier alpha value is -2.24. The molecule has 1 fully saturated rings. The zero-order valence-electron chi connectivity index (χ0n) is 11.5. The zero-order valence-corrected chi connectivity index (χ0v) is 11.5. The Morgan fingerprint density at radius 1 is 1.35 bits per heavy atom. The van der Waals surface area contributed by atoms with E-state index < -0.39 is 11.9 Å². The van der Waals surface area contributed by atoms with Gasteiger partial charge < -0.3 is 9.63 Å². The maximum Gasteiger partial charge on any atom is 0.307 e. The Kier molecular flexibility index (Phi) is 2.64. The van der Waals surface area contributed by atoms with E-state index in [4.69, 9.17) is 4.52 Å². The van der Waals surface area contributed by atoms with Crippen LogP contribution in [0.1, 0.15) is 31.4 Å². The normalized spacial score (nSPS) is 23.6. The Balaban J connectivity index is 1.91. The molecule has 1 aliphatic carbocycles. The number of hydrogen-bond acceptors (Lipinski definition) is 5. The lowest BCUT2D eigenvalue weighted by Crippen LogP contribution is -2.03. The molecule has 0 radical (unpaired) electrons. The predicted octanol–water partition coefficient (Wildman–Crippen LogP) is 2.26. The van der Waals surface area contributed by atoms with Gasteiger partial charge in [0.15, 0.2) is 0 Å². The molecule has 1 saturated carbocycles. The topological polar surface area (TPSA) is 89.1 Å². The van der Waals surface area contributed by atoms with Gasteiger partial charge in [0.05, 0.1) is 11.8 Å². The van der Waals surface area contributed by atoms with E-state index in [-0.39, 0.29) is 11.3 Å². The van der Waals surface area contributed by atoms with Gasteiger partial charge in [0.25, 0.3) is 0 Å². The zero-order chi connectivity index (χ0) is 14.5. The van der Waals surface area contributed by atoms with Gasteiger partial charge in [-0.1, -0.05) is 25.1 Å². The molecular formula is C14H15N3O3. The molecule has 0 aromatic carbocycles. The molecule has 6 nitrogen and oxygen atoms in total. The van der Waals surface area contributed by atoms with E-state index in [1.54, 1.807) is 6.07 Å². The first-order valence-electron chi connectivity index (χ1n) is 6.41. The van der Waals surface area contributed by atoms with Gasteiger partial charge >= 0.3 is 5.97 Å². The standard InChI is InChI=1S/C14H15N3O3/c1-7-5-4-6-8(15-7)11-16-12(20-17-11)9-10(13(18)19)14(9,2)3/h4-6,9-10H,1-3H3,(H,18,19). The highest BCUT2D eigenvalue weighted by atomic mass is 16.5. The number of aliphatic carboxylic acids is 1. The van der Waals surface area contributed by atoms with Crippen LogP contribution in [-0.2, 0) is 4.79 Å². The van der Waals surface area contributed by atoms with Crippen molar-refractivity contribution in [3.8, 4) is 11.5 Å². The Bertz CT molecular complexity index is 678. The second-order valence-corrected chi connectivity index (χ2v) is 5.74. The van der Waals surface area contributed by atoms with Crippen LogP contribution >= 0.6 is 0 Å². The quantitative estimate of drug-likeness (QED) is 0.922. The van der Waals surface area contributed by atoms with Crippen LogP contribution in [0.25, 0.3) is 11.5 Å². The van der Waals surface area contributed by atoms with Crippen molar-refractivity contribution in [3.63, 3.8) is 0 Å². The highest BCUT2D eigenvalue weighted by molar-refractivity contribution is 5.77. The molecule has 3 rings (SSSR count). The molecule has 104 valence electrons. The number of aryl methyl sites for hydroxylation is 1. The van der Waals surface area contributed by atoms with Crippen molar-refractivity contribution >= 4 is 5.97 Å². The summed E-state index contributed by atoms with van der Waals surface area (Å²) >= 11 is 0. The summed E-state index contributed by atoms with van der Waals surface area (Å²) in [5.74, 6) is -0.753. The Morgan fingerprint density at radius 2 is 2.10 bits per heavy atom. The first-order chi connectivity index (χ1) is 9.41. The molecule has 1 aliphatic rings. The summed E-state index contributed by atoms with van der Waals surface area (Å²) in [5.41, 5.74) is 1.14. The molecule has 0 amide bonds. The fourth-order valence-corrected chi connectivity index (χ4v) is 2.69. The van der Waals surface area contributed by atoms with Gasteiger partial charge in [-0.2, -0.15) is 4.98 Å². The third-order valence-electron chi connectivity index (χ3n) is 3.92. The largest absolute Gasteiger partial charge is 0.481 e. The van der Waals surface area contributed by atoms with Crippen molar-refractivity contribution in [2.24, 2.45) is 11.3 Å². The molecule has 0 bridgehead atoms. The van der Waals surface area contributed by atoms with Gasteiger partial charge in [-0.25, -0.2) is 4.98 Å². The lowest BCUT2D eigenvalue weighted by Gasteiger charge is -1.96. The van der Waals surface area contributed by atoms with Crippen LogP contribution in [0.3, 0.4) is 0 Å². The lowest BCUT2D eigenvalue weighted by atomic mass is 10.1. The predicted molar refractivity (Wildman–Crippen MR) is 69.9 cm³/mol. The lowest BCUT2D eigenvalue weighted by molar-refractivity contribution is -0.139. The highest BCUT2D eigenvalue weighted by Crippen LogP contribution is 2.64. The van der Waals surface area contributed by atoms with Gasteiger partial charge in [0.2, 0.25) is 11.7 Å². The van der Waals surface area contributed by atoms with Gasteiger partial charge in [0.1, 0.15) is 5.69 Å². The van der Waals surface area contributed by atoms with E-state index in [9.17, 15) is 9.90 Å². The van der Waals surface area contributed by atoms with Crippen LogP contribution in [0.5, 0.6) is 0 Å². The van der Waals surface area contributed by atoms with Crippen LogP contribution < -0.4 is 0 Å². The molecule has 1 N–H and O–H groups in total. The van der Waals surface area contributed by atoms with Gasteiger partial charge in [0, 0.05) is 5.69 Å². The smallest absolute Gasteiger partial charge is 0.307 e. The maximum atomic E-state index is 11.2. The van der Waals surface area contributed by atoms with Crippen molar-refractivity contribution in [1.29, 1.82) is 0 Å². The van der Waals surface area contributed by atoms with Gasteiger partial charge in [-0.3, -0.25) is 4.79 Å². The van der Waals surface area contributed by atoms with Crippen molar-refractivity contribution in [2.45, 2.75) is 26.7 Å². The molecule has 0 aliphatic heterocycles. The number of aromatic nitrogens is 3. The van der Waals surface area contributed by atoms with E-state index in [2.05, 4.69) is 15.1 Å². The molecule has 0 spiro atoms. The molecule has 20 heavy (non-hydrogen) atoms. The van der Waals surface area contributed by atoms with Crippen molar-refractivity contribution < 1.29 is 14.4 Å². The molecule has 2 atom stereocenters. The molecule has 2 heterocycles. The summed E-state index contributed by atoms with van der Waals surface area (Å²) in [7, 11) is 0. The van der Waals surface area contributed by atoms with Crippen molar-refractivity contribution in [1.82, 2.24) is 15.1 Å². The first kappa shape index (κ1) is 12.8. The highest BCUT2D eigenvalue weighted by Gasteiger charge is 2.65. The fourth-order valence-electron chi connectivity index (χ4n) is 2.69. The Labute approximate surface area is 115 Å². The summed E-state index contributed by atoms with van der Waals surface area (Å²) in [5, 5.41) is 13.1. The average Bonchev–Trinajstić information content (AvgIpc) is 2.73. The fraction of sp³-hybridized carbons (Fsp3) is 0.429. The Morgan fingerprint density at radius 3 is 2.70 bits per heavy atom. The number of carboxylic acids is 1. The third kappa shape index (κ3) is 1.88. The molecule has 6 heteroatoms. The van der Waals surface area contributed by atoms with Crippen molar-refractivity contribution in [3.05, 3.63) is 29.8 Å². The number of nitrogens with zero attached hydrogens (tertiary/aromatic N) is 3. The minimum Gasteiger partial charge on any atom is -0.481 e. The number of rotatable bonds is 3. The summed E-state index contributed by atoms with van der Waals surface area (Å²) in [6.45, 7) is 5.67. The van der Waals surface area contributed by atoms with Crippen molar-refractivity contribution in [2.75, 3.05) is 0 Å². The minimum absolute atomic E-state index is 0.231. The van der Waals surface area contributed by atoms with E-state index >= 15 is 0 Å². The molecule has 2 aromatic rings. The number of pyridine rings is 1. The summed E-state index contributed by atoms with van der Waals surface area (Å²) in [6, 6.07) is 5.55. The third-order valence-corrected chi connectivity index (χ3v) is 3.92. The van der Waals surface area contributed by atoms with Crippen LogP contribution in [0.15, 0.2) is 22.7 Å². The van der Waals surface area contributed by atoms with Gasteiger partial charge in [-0.05, 0) is 24.5 Å². The van der Waals surface area contributed by atoms with Crippen LogP contribution in [0.2, 0.25) is 0 Å². The maximum absolute atomic E-state index is 11.2. The SMILES string of the molecule is Cc1cccc(-c2noc(C3C(C(=O)O)C3(C)C)n2)n1. The second-order valence-electron chi connectivity index (χ2n) is 5.74.